The van der Waals surface area contributed by atoms with Gasteiger partial charge in [-0.2, -0.15) is 0 Å². The molecule has 1 aromatic rings. The van der Waals surface area contributed by atoms with E-state index in [-0.39, 0.29) is 18.2 Å². The number of carboxylic acid groups (broad SMARTS) is 1. The number of ether oxygens (including phenoxy) is 1. The minimum Gasteiger partial charge on any atom is -0.494 e. The van der Waals surface area contributed by atoms with Crippen molar-refractivity contribution >= 4 is 11.9 Å². The molecular formula is C16H21NO4. The van der Waals surface area contributed by atoms with Gasteiger partial charge in [-0.15, -0.1) is 0 Å². The smallest absolute Gasteiger partial charge is 0.303 e. The first-order valence-corrected chi connectivity index (χ1v) is 7.27. The van der Waals surface area contributed by atoms with E-state index in [9.17, 15) is 9.59 Å². The molecule has 5 heteroatoms. The fraction of sp³-hybridized carbons (Fsp3) is 0.500. The summed E-state index contributed by atoms with van der Waals surface area (Å²) in [5.74, 6) is 0.755. The minimum atomic E-state index is -0.810. The van der Waals surface area contributed by atoms with E-state index in [4.69, 9.17) is 9.84 Å². The van der Waals surface area contributed by atoms with E-state index in [1.807, 2.05) is 24.3 Å². The molecule has 114 valence electrons. The molecule has 1 aliphatic carbocycles. The molecule has 0 heterocycles. The molecule has 0 aliphatic heterocycles. The second-order valence-electron chi connectivity index (χ2n) is 5.53. The van der Waals surface area contributed by atoms with Crippen LogP contribution in [0.25, 0.3) is 0 Å². The molecule has 1 aromatic carbocycles. The Bertz CT molecular complexity index is 498. The van der Waals surface area contributed by atoms with Crippen LogP contribution in [0.3, 0.4) is 0 Å². The van der Waals surface area contributed by atoms with Gasteiger partial charge in [0.05, 0.1) is 6.61 Å². The third-order valence-electron chi connectivity index (χ3n) is 3.64. The average molecular weight is 291 g/mol. The van der Waals surface area contributed by atoms with Crippen molar-refractivity contribution in [3.05, 3.63) is 29.8 Å². The van der Waals surface area contributed by atoms with Crippen molar-refractivity contribution in [2.45, 2.75) is 32.7 Å². The first-order valence-electron chi connectivity index (χ1n) is 7.27. The number of hydrogen-bond acceptors (Lipinski definition) is 3. The normalized spacial score (nSPS) is 19.9. The van der Waals surface area contributed by atoms with Gasteiger partial charge in [0, 0.05) is 18.9 Å². The third kappa shape index (κ3) is 5.10. The van der Waals surface area contributed by atoms with Crippen LogP contribution in [0.2, 0.25) is 0 Å². The molecule has 2 rings (SSSR count). The Morgan fingerprint density at radius 3 is 2.57 bits per heavy atom. The second kappa shape index (κ2) is 7.11. The molecule has 1 saturated carbocycles. The number of nitrogens with one attached hydrogen (secondary N) is 1. The maximum absolute atomic E-state index is 11.7. The van der Waals surface area contributed by atoms with Crippen LogP contribution in [0.4, 0.5) is 0 Å². The van der Waals surface area contributed by atoms with E-state index in [0.29, 0.717) is 31.2 Å². The lowest BCUT2D eigenvalue weighted by molar-refractivity contribution is -0.137. The second-order valence-corrected chi connectivity index (χ2v) is 5.53. The summed E-state index contributed by atoms with van der Waals surface area (Å²) in [4.78, 5) is 22.1. The van der Waals surface area contributed by atoms with Gasteiger partial charge >= 0.3 is 5.97 Å². The van der Waals surface area contributed by atoms with Crippen LogP contribution in [-0.4, -0.2) is 23.6 Å². The molecule has 0 radical (unpaired) electrons. The number of carbonyl (C=O) groups excluding carboxylic acids is 1. The third-order valence-corrected chi connectivity index (χ3v) is 3.64. The van der Waals surface area contributed by atoms with Gasteiger partial charge in [0.15, 0.2) is 0 Å². The molecule has 0 saturated heterocycles. The number of aliphatic carboxylic acids is 1. The largest absolute Gasteiger partial charge is 0.494 e. The molecular weight excluding hydrogens is 270 g/mol. The predicted octanol–water partition coefficient (Wildman–Crippen LogP) is 2.20. The van der Waals surface area contributed by atoms with Crippen molar-refractivity contribution < 1.29 is 19.4 Å². The maximum atomic E-state index is 11.7. The fourth-order valence-corrected chi connectivity index (χ4v) is 2.12. The molecule has 1 amide bonds. The summed E-state index contributed by atoms with van der Waals surface area (Å²) in [6, 6.07) is 7.48. The summed E-state index contributed by atoms with van der Waals surface area (Å²) in [7, 11) is 0. The molecule has 0 aromatic heterocycles. The summed E-state index contributed by atoms with van der Waals surface area (Å²) < 4.78 is 5.45. The SMILES string of the molecule is C[C@@H]1C[C@@H]1C(=O)NCc1ccc(OCCCC(=O)O)cc1. The Balaban J connectivity index is 1.69. The van der Waals surface area contributed by atoms with E-state index >= 15 is 0 Å². The van der Waals surface area contributed by atoms with E-state index in [0.717, 1.165) is 12.0 Å². The van der Waals surface area contributed by atoms with Crippen LogP contribution in [0.15, 0.2) is 24.3 Å². The molecule has 0 bridgehead atoms. The summed E-state index contributed by atoms with van der Waals surface area (Å²) in [6.45, 7) is 3.00. The van der Waals surface area contributed by atoms with Gasteiger partial charge in [-0.1, -0.05) is 19.1 Å². The maximum Gasteiger partial charge on any atom is 0.303 e. The Morgan fingerprint density at radius 2 is 2.00 bits per heavy atom. The van der Waals surface area contributed by atoms with E-state index in [1.54, 1.807) is 0 Å². The van der Waals surface area contributed by atoms with Crippen LogP contribution in [0, 0.1) is 11.8 Å². The van der Waals surface area contributed by atoms with Gasteiger partial charge < -0.3 is 15.2 Å². The lowest BCUT2D eigenvalue weighted by atomic mass is 10.2. The van der Waals surface area contributed by atoms with E-state index in [2.05, 4.69) is 12.2 Å². The molecule has 0 unspecified atom stereocenters. The highest BCUT2D eigenvalue weighted by atomic mass is 16.5. The van der Waals surface area contributed by atoms with Gasteiger partial charge in [-0.3, -0.25) is 9.59 Å². The number of carboxylic acids is 1. The number of carbonyl (C=O) groups is 2. The van der Waals surface area contributed by atoms with Gasteiger partial charge in [-0.05, 0) is 36.5 Å². The van der Waals surface area contributed by atoms with E-state index in [1.165, 1.54) is 0 Å². The van der Waals surface area contributed by atoms with Crippen LogP contribution < -0.4 is 10.1 Å². The molecule has 2 atom stereocenters. The highest BCUT2D eigenvalue weighted by Crippen LogP contribution is 2.37. The van der Waals surface area contributed by atoms with Crippen LogP contribution >= 0.6 is 0 Å². The zero-order valence-corrected chi connectivity index (χ0v) is 12.2. The van der Waals surface area contributed by atoms with Crippen molar-refractivity contribution in [1.29, 1.82) is 0 Å². The Hall–Kier alpha value is -2.04. The Labute approximate surface area is 124 Å². The first kappa shape index (κ1) is 15.4. The molecule has 21 heavy (non-hydrogen) atoms. The number of rotatable bonds is 8. The highest BCUT2D eigenvalue weighted by molar-refractivity contribution is 5.81. The van der Waals surface area contributed by atoms with Gasteiger partial charge in [0.1, 0.15) is 5.75 Å². The number of amides is 1. The van der Waals surface area contributed by atoms with Crippen LogP contribution in [-0.2, 0) is 16.1 Å². The molecule has 1 fully saturated rings. The lowest BCUT2D eigenvalue weighted by Gasteiger charge is -2.07. The van der Waals surface area contributed by atoms with E-state index < -0.39 is 5.97 Å². The predicted molar refractivity (Wildman–Crippen MR) is 77.9 cm³/mol. The highest BCUT2D eigenvalue weighted by Gasteiger charge is 2.38. The number of hydrogen-bond donors (Lipinski definition) is 2. The monoisotopic (exact) mass is 291 g/mol. The fourth-order valence-electron chi connectivity index (χ4n) is 2.12. The first-order chi connectivity index (χ1) is 10.1. The molecule has 2 N–H and O–H groups in total. The molecule has 1 aliphatic rings. The molecule has 0 spiro atoms. The van der Waals surface area contributed by atoms with Gasteiger partial charge in [-0.25, -0.2) is 0 Å². The van der Waals surface area contributed by atoms with Gasteiger partial charge in [0.25, 0.3) is 0 Å². The van der Waals surface area contributed by atoms with Crippen molar-refractivity contribution in [1.82, 2.24) is 5.32 Å². The van der Waals surface area contributed by atoms with Crippen molar-refractivity contribution in [3.63, 3.8) is 0 Å². The summed E-state index contributed by atoms with van der Waals surface area (Å²) >= 11 is 0. The lowest BCUT2D eigenvalue weighted by Crippen LogP contribution is -2.24. The number of benzene rings is 1. The topological polar surface area (TPSA) is 75.6 Å². The molecule has 5 nitrogen and oxygen atoms in total. The quantitative estimate of drug-likeness (QED) is 0.720. The van der Waals surface area contributed by atoms with Crippen molar-refractivity contribution in [2.24, 2.45) is 11.8 Å². The summed E-state index contributed by atoms with van der Waals surface area (Å²) in [6.07, 6.45) is 1.60. The standard InChI is InChI=1S/C16H21NO4/c1-11-9-14(11)16(20)17-10-12-4-6-13(7-5-12)21-8-2-3-15(18)19/h4-7,11,14H,2-3,8-10H2,1H3,(H,17,20)(H,18,19)/t11-,14+/m1/s1. The Kier molecular flexibility index (Phi) is 5.20. The van der Waals surface area contributed by atoms with Gasteiger partial charge in [0.2, 0.25) is 5.91 Å². The van der Waals surface area contributed by atoms with Crippen molar-refractivity contribution in [2.75, 3.05) is 6.61 Å². The minimum absolute atomic E-state index is 0.115. The Morgan fingerprint density at radius 1 is 1.33 bits per heavy atom. The summed E-state index contributed by atoms with van der Waals surface area (Å²) in [5.41, 5.74) is 1.02. The van der Waals surface area contributed by atoms with Crippen LogP contribution in [0.1, 0.15) is 31.7 Å². The van der Waals surface area contributed by atoms with Crippen molar-refractivity contribution in [3.8, 4) is 5.75 Å². The average Bonchev–Trinajstić information content (AvgIpc) is 3.19. The summed E-state index contributed by atoms with van der Waals surface area (Å²) in [5, 5.41) is 11.5. The zero-order valence-electron chi connectivity index (χ0n) is 12.2. The van der Waals surface area contributed by atoms with Crippen LogP contribution in [0.5, 0.6) is 5.75 Å². The zero-order chi connectivity index (χ0) is 15.2.